The Labute approximate surface area is 155 Å². The highest BCUT2D eigenvalue weighted by atomic mass is 32.2. The number of sulfonamides is 1. The molecule has 0 spiro atoms. The summed E-state index contributed by atoms with van der Waals surface area (Å²) in [5.41, 5.74) is 2.05. The Morgan fingerprint density at radius 2 is 2.08 bits per heavy atom. The minimum Gasteiger partial charge on any atom is -0.291 e. The molecule has 0 unspecified atom stereocenters. The number of benzene rings is 1. The molecule has 0 radical (unpaired) electrons. The number of imidazole rings is 1. The van der Waals surface area contributed by atoms with E-state index in [1.165, 1.54) is 11.3 Å². The third kappa shape index (κ3) is 3.21. The highest BCUT2D eigenvalue weighted by Gasteiger charge is 2.17. The van der Waals surface area contributed by atoms with Gasteiger partial charge in [0.05, 0.1) is 5.69 Å². The monoisotopic (exact) mass is 384 g/mol. The van der Waals surface area contributed by atoms with Crippen LogP contribution in [0, 0.1) is 0 Å². The number of aryl methyl sites for hydroxylation is 1. The van der Waals surface area contributed by atoms with Crippen LogP contribution in [0.15, 0.2) is 65.3 Å². The van der Waals surface area contributed by atoms with Gasteiger partial charge in [0, 0.05) is 34.7 Å². The van der Waals surface area contributed by atoms with E-state index in [2.05, 4.69) is 14.7 Å². The van der Waals surface area contributed by atoms with Gasteiger partial charge in [-0.15, -0.1) is 11.3 Å². The molecule has 26 heavy (non-hydrogen) atoms. The quantitative estimate of drug-likeness (QED) is 0.567. The Hall–Kier alpha value is -2.71. The lowest BCUT2D eigenvalue weighted by molar-refractivity contribution is 0.603. The first-order valence-corrected chi connectivity index (χ1v) is 10.4. The van der Waals surface area contributed by atoms with Crippen molar-refractivity contribution in [3.05, 3.63) is 65.9 Å². The molecular formula is C18H16N4O2S2. The minimum atomic E-state index is -3.60. The lowest BCUT2D eigenvalue weighted by Crippen LogP contribution is -2.11. The summed E-state index contributed by atoms with van der Waals surface area (Å²) in [5.74, 6) is 0.596. The number of hydrogen-bond acceptors (Lipinski definition) is 5. The molecule has 6 nitrogen and oxygen atoms in total. The highest BCUT2D eigenvalue weighted by Crippen LogP contribution is 2.27. The van der Waals surface area contributed by atoms with Crippen molar-refractivity contribution in [1.29, 1.82) is 0 Å². The number of nitrogens with zero attached hydrogens (tertiary/aromatic N) is 3. The van der Waals surface area contributed by atoms with Crippen molar-refractivity contribution in [2.75, 3.05) is 4.72 Å². The highest BCUT2D eigenvalue weighted by molar-refractivity contribution is 7.94. The van der Waals surface area contributed by atoms with Crippen LogP contribution in [-0.2, 0) is 16.4 Å². The van der Waals surface area contributed by atoms with Crippen LogP contribution in [0.1, 0.15) is 11.8 Å². The van der Waals surface area contributed by atoms with Crippen molar-refractivity contribution in [1.82, 2.24) is 14.4 Å². The van der Waals surface area contributed by atoms with E-state index < -0.39 is 10.0 Å². The fraction of sp³-hybridized carbons (Fsp3) is 0.111. The molecule has 0 saturated heterocycles. The van der Waals surface area contributed by atoms with Crippen molar-refractivity contribution in [3.63, 3.8) is 0 Å². The molecule has 0 aliphatic rings. The number of aromatic nitrogens is 3. The molecule has 0 atom stereocenters. The van der Waals surface area contributed by atoms with Crippen molar-refractivity contribution in [2.24, 2.45) is 0 Å². The van der Waals surface area contributed by atoms with Crippen LogP contribution in [0.25, 0.3) is 17.0 Å². The van der Waals surface area contributed by atoms with Gasteiger partial charge in [-0.3, -0.25) is 9.12 Å². The molecule has 132 valence electrons. The molecule has 8 heteroatoms. The summed E-state index contributed by atoms with van der Waals surface area (Å²) in [6.07, 6.45) is 6.23. The Balaban J connectivity index is 1.65. The van der Waals surface area contributed by atoms with Gasteiger partial charge in [0.25, 0.3) is 10.0 Å². The van der Waals surface area contributed by atoms with Gasteiger partial charge in [-0.1, -0.05) is 19.1 Å². The maximum absolute atomic E-state index is 12.6. The average molecular weight is 384 g/mol. The second-order valence-corrected chi connectivity index (χ2v) is 8.79. The van der Waals surface area contributed by atoms with E-state index in [-0.39, 0.29) is 0 Å². The number of nitrogens with one attached hydrogen (secondary N) is 1. The number of hydrogen-bond donors (Lipinski definition) is 1. The molecule has 3 aromatic heterocycles. The van der Waals surface area contributed by atoms with Crippen LogP contribution >= 0.6 is 11.3 Å². The molecule has 0 saturated carbocycles. The molecule has 0 bridgehead atoms. The minimum absolute atomic E-state index is 0.316. The van der Waals surface area contributed by atoms with Gasteiger partial charge in [-0.05, 0) is 36.8 Å². The van der Waals surface area contributed by atoms with Gasteiger partial charge in [-0.25, -0.2) is 18.4 Å². The number of rotatable bonds is 5. The van der Waals surface area contributed by atoms with Gasteiger partial charge in [0.2, 0.25) is 5.78 Å². The van der Waals surface area contributed by atoms with Crippen LogP contribution in [0.5, 0.6) is 0 Å². The zero-order chi connectivity index (χ0) is 18.1. The zero-order valence-electron chi connectivity index (χ0n) is 14.0. The van der Waals surface area contributed by atoms with Crippen LogP contribution in [0.2, 0.25) is 0 Å². The van der Waals surface area contributed by atoms with Crippen molar-refractivity contribution < 1.29 is 8.42 Å². The zero-order valence-corrected chi connectivity index (χ0v) is 15.6. The van der Waals surface area contributed by atoms with E-state index in [9.17, 15) is 8.42 Å². The van der Waals surface area contributed by atoms with E-state index in [4.69, 9.17) is 0 Å². The van der Waals surface area contributed by atoms with E-state index in [0.29, 0.717) is 15.7 Å². The van der Waals surface area contributed by atoms with E-state index in [0.717, 1.165) is 22.6 Å². The van der Waals surface area contributed by atoms with Crippen molar-refractivity contribution >= 4 is 32.8 Å². The predicted molar refractivity (Wildman–Crippen MR) is 103 cm³/mol. The molecule has 0 aliphatic carbocycles. The maximum Gasteiger partial charge on any atom is 0.271 e. The van der Waals surface area contributed by atoms with Gasteiger partial charge >= 0.3 is 0 Å². The maximum atomic E-state index is 12.6. The lowest BCUT2D eigenvalue weighted by Gasteiger charge is -2.07. The standard InChI is InChI=1S/C18H16N4O2S2/c1-2-15-7-8-17(25-15)26(23,24)21-14-6-3-5-13(11-14)16-12-22-10-4-9-19-18(22)20-16/h3-12,21H,2H2,1H3. The molecule has 0 fully saturated rings. The second kappa shape index (κ2) is 6.54. The van der Waals surface area contributed by atoms with Gasteiger partial charge < -0.3 is 0 Å². The molecule has 0 aliphatic heterocycles. The fourth-order valence-electron chi connectivity index (χ4n) is 2.61. The molecule has 0 amide bonds. The summed E-state index contributed by atoms with van der Waals surface area (Å²) < 4.78 is 30.0. The van der Waals surface area contributed by atoms with E-state index in [1.807, 2.05) is 41.9 Å². The fourth-order valence-corrected chi connectivity index (χ4v) is 4.95. The Morgan fingerprint density at radius 3 is 2.85 bits per heavy atom. The van der Waals surface area contributed by atoms with Gasteiger partial charge in [0.1, 0.15) is 4.21 Å². The lowest BCUT2D eigenvalue weighted by atomic mass is 10.1. The predicted octanol–water partition coefficient (Wildman–Crippen LogP) is 3.82. The molecule has 3 heterocycles. The summed E-state index contributed by atoms with van der Waals surface area (Å²) in [6.45, 7) is 2.00. The topological polar surface area (TPSA) is 76.4 Å². The molecule has 1 aromatic carbocycles. The SMILES string of the molecule is CCc1ccc(S(=O)(=O)Nc2cccc(-c3cn4cccnc4n3)c2)s1. The summed E-state index contributed by atoms with van der Waals surface area (Å²) in [4.78, 5) is 9.71. The Bertz CT molecular complexity index is 1150. The third-order valence-electron chi connectivity index (χ3n) is 3.90. The smallest absolute Gasteiger partial charge is 0.271 e. The first kappa shape index (κ1) is 16.7. The van der Waals surface area contributed by atoms with E-state index in [1.54, 1.807) is 30.5 Å². The number of thiophene rings is 1. The molecule has 1 N–H and O–H groups in total. The summed E-state index contributed by atoms with van der Waals surface area (Å²) in [7, 11) is -3.60. The van der Waals surface area contributed by atoms with Crippen LogP contribution in [0.3, 0.4) is 0 Å². The third-order valence-corrected chi connectivity index (χ3v) is 7.00. The van der Waals surface area contributed by atoms with Crippen LogP contribution < -0.4 is 4.72 Å². The van der Waals surface area contributed by atoms with Crippen molar-refractivity contribution in [3.8, 4) is 11.3 Å². The Kier molecular flexibility index (Phi) is 4.21. The average Bonchev–Trinajstić information content (AvgIpc) is 3.29. The van der Waals surface area contributed by atoms with Gasteiger partial charge in [0.15, 0.2) is 0 Å². The molecule has 4 rings (SSSR count). The molecular weight excluding hydrogens is 368 g/mol. The van der Waals surface area contributed by atoms with E-state index >= 15 is 0 Å². The van der Waals surface area contributed by atoms with Crippen molar-refractivity contribution in [2.45, 2.75) is 17.6 Å². The first-order chi connectivity index (χ1) is 12.5. The van der Waals surface area contributed by atoms with Crippen LogP contribution in [-0.4, -0.2) is 22.8 Å². The summed E-state index contributed by atoms with van der Waals surface area (Å²) in [5, 5.41) is 0. The first-order valence-electron chi connectivity index (χ1n) is 8.07. The number of anilines is 1. The summed E-state index contributed by atoms with van der Waals surface area (Å²) in [6, 6.07) is 12.5. The molecule has 4 aromatic rings. The van der Waals surface area contributed by atoms with Gasteiger partial charge in [-0.2, -0.15) is 0 Å². The second-order valence-electron chi connectivity index (χ2n) is 5.71. The Morgan fingerprint density at radius 1 is 1.19 bits per heavy atom. The summed E-state index contributed by atoms with van der Waals surface area (Å²) >= 11 is 1.29. The number of fused-ring (bicyclic) bond motifs is 1. The van der Waals surface area contributed by atoms with Crippen LogP contribution in [0.4, 0.5) is 5.69 Å². The normalized spacial score (nSPS) is 11.7. The largest absolute Gasteiger partial charge is 0.291 e.